The predicted molar refractivity (Wildman–Crippen MR) is 75.8 cm³/mol. The first-order chi connectivity index (χ1) is 10.0. The summed E-state index contributed by atoms with van der Waals surface area (Å²) >= 11 is 0. The molecule has 0 aliphatic carbocycles. The fourth-order valence-corrected chi connectivity index (χ4v) is 2.32. The molecule has 0 atom stereocenters. The summed E-state index contributed by atoms with van der Waals surface area (Å²) in [6, 6.07) is 5.00. The zero-order chi connectivity index (χ0) is 15.5. The number of hydrogen-bond acceptors (Lipinski definition) is 4. The lowest BCUT2D eigenvalue weighted by Crippen LogP contribution is -2.53. The average Bonchev–Trinajstić information content (AvgIpc) is 2.51. The van der Waals surface area contributed by atoms with Crippen molar-refractivity contribution in [3.63, 3.8) is 0 Å². The topological polar surface area (TPSA) is 84.9 Å². The number of ether oxygens (including phenoxy) is 2. The third kappa shape index (κ3) is 2.79. The van der Waals surface area contributed by atoms with Gasteiger partial charge in [-0.05, 0) is 25.0 Å². The number of aliphatic carboxylic acids is 1. The molecule has 1 heterocycles. The Kier molecular flexibility index (Phi) is 4.35. The molecular formula is C15H19NO5. The van der Waals surface area contributed by atoms with Crippen LogP contribution in [0, 0.1) is 0 Å². The van der Waals surface area contributed by atoms with Gasteiger partial charge in [0.1, 0.15) is 18.8 Å². The largest absolute Gasteiger partial charge is 0.486 e. The van der Waals surface area contributed by atoms with Gasteiger partial charge in [-0.25, -0.2) is 4.79 Å². The smallest absolute Gasteiger partial charge is 0.329 e. The van der Waals surface area contributed by atoms with Crippen LogP contribution in [0.3, 0.4) is 0 Å². The maximum Gasteiger partial charge on any atom is 0.329 e. The molecule has 1 aliphatic heterocycles. The zero-order valence-electron chi connectivity index (χ0n) is 12.1. The number of carbonyl (C=O) groups excluding carboxylic acids is 1. The molecule has 1 aromatic rings. The second kappa shape index (κ2) is 6.03. The first kappa shape index (κ1) is 15.2. The maximum absolute atomic E-state index is 12.4. The van der Waals surface area contributed by atoms with Gasteiger partial charge in [-0.2, -0.15) is 0 Å². The summed E-state index contributed by atoms with van der Waals surface area (Å²) < 4.78 is 10.9. The van der Waals surface area contributed by atoms with E-state index in [1.807, 2.05) is 0 Å². The molecule has 114 valence electrons. The number of carbonyl (C=O) groups is 2. The molecule has 0 unspecified atom stereocenters. The molecule has 1 aromatic carbocycles. The minimum absolute atomic E-state index is 0.291. The number of amides is 1. The summed E-state index contributed by atoms with van der Waals surface area (Å²) in [6.07, 6.45) is 0.605. The molecule has 6 nitrogen and oxygen atoms in total. The summed E-state index contributed by atoms with van der Waals surface area (Å²) in [5.41, 5.74) is -0.977. The Balaban J connectivity index is 2.30. The van der Waals surface area contributed by atoms with Gasteiger partial charge in [-0.3, -0.25) is 4.79 Å². The van der Waals surface area contributed by atoms with Crippen LogP contribution in [0.1, 0.15) is 37.0 Å². The maximum atomic E-state index is 12.4. The van der Waals surface area contributed by atoms with Crippen molar-refractivity contribution in [2.24, 2.45) is 0 Å². The zero-order valence-corrected chi connectivity index (χ0v) is 12.1. The van der Waals surface area contributed by atoms with E-state index in [2.05, 4.69) is 5.32 Å². The van der Waals surface area contributed by atoms with E-state index in [0.717, 1.165) is 0 Å². The second-order valence-electron chi connectivity index (χ2n) is 4.88. The number of fused-ring (bicyclic) bond motifs is 1. The third-order valence-electron chi connectivity index (χ3n) is 3.78. The monoisotopic (exact) mass is 293 g/mol. The SMILES string of the molecule is CCC(CC)(NC(=O)c1cccc2c1OCCO2)C(=O)O. The highest BCUT2D eigenvalue weighted by atomic mass is 16.6. The van der Waals surface area contributed by atoms with E-state index in [1.165, 1.54) is 0 Å². The van der Waals surface area contributed by atoms with Gasteiger partial charge in [0.2, 0.25) is 0 Å². The summed E-state index contributed by atoms with van der Waals surface area (Å²) in [7, 11) is 0. The van der Waals surface area contributed by atoms with Crippen LogP contribution in [0.5, 0.6) is 11.5 Å². The first-order valence-electron chi connectivity index (χ1n) is 6.98. The Morgan fingerprint density at radius 2 is 1.90 bits per heavy atom. The van der Waals surface area contributed by atoms with Crippen LogP contribution < -0.4 is 14.8 Å². The molecule has 2 rings (SSSR count). The van der Waals surface area contributed by atoms with Crippen LogP contribution in [0.4, 0.5) is 0 Å². The molecule has 0 aromatic heterocycles. The molecule has 21 heavy (non-hydrogen) atoms. The van der Waals surface area contributed by atoms with Gasteiger partial charge in [0, 0.05) is 0 Å². The van der Waals surface area contributed by atoms with Crippen molar-refractivity contribution in [2.45, 2.75) is 32.2 Å². The van der Waals surface area contributed by atoms with Crippen molar-refractivity contribution in [1.82, 2.24) is 5.32 Å². The van der Waals surface area contributed by atoms with Crippen molar-refractivity contribution < 1.29 is 24.2 Å². The van der Waals surface area contributed by atoms with E-state index in [4.69, 9.17) is 9.47 Å². The molecule has 0 saturated carbocycles. The molecule has 0 spiro atoms. The van der Waals surface area contributed by atoms with Gasteiger partial charge in [0.05, 0.1) is 5.56 Å². The molecule has 0 radical (unpaired) electrons. The lowest BCUT2D eigenvalue weighted by molar-refractivity contribution is -0.144. The van der Waals surface area contributed by atoms with Crippen LogP contribution in [0.15, 0.2) is 18.2 Å². The summed E-state index contributed by atoms with van der Waals surface area (Å²) in [5, 5.41) is 12.0. The minimum atomic E-state index is -1.27. The standard InChI is InChI=1S/C15H19NO5/c1-3-15(4-2,14(18)19)16-13(17)10-6-5-7-11-12(10)21-9-8-20-11/h5-7H,3-4,8-9H2,1-2H3,(H,16,17)(H,18,19). The van der Waals surface area contributed by atoms with Crippen molar-refractivity contribution in [2.75, 3.05) is 13.2 Å². The number of benzene rings is 1. The average molecular weight is 293 g/mol. The van der Waals surface area contributed by atoms with Crippen LogP contribution >= 0.6 is 0 Å². The normalized spacial score (nSPS) is 13.6. The summed E-state index contributed by atoms with van der Waals surface area (Å²) in [4.78, 5) is 23.9. The number of carboxylic acids is 1. The van der Waals surface area contributed by atoms with Crippen LogP contribution in [-0.4, -0.2) is 35.7 Å². The van der Waals surface area contributed by atoms with Gasteiger partial charge in [0.25, 0.3) is 5.91 Å². The number of hydrogen-bond donors (Lipinski definition) is 2. The minimum Gasteiger partial charge on any atom is -0.486 e. The lowest BCUT2D eigenvalue weighted by Gasteiger charge is -2.29. The fraction of sp³-hybridized carbons (Fsp3) is 0.467. The van der Waals surface area contributed by atoms with E-state index < -0.39 is 17.4 Å². The Labute approximate surface area is 123 Å². The third-order valence-corrected chi connectivity index (χ3v) is 3.78. The van der Waals surface area contributed by atoms with E-state index in [0.29, 0.717) is 43.1 Å². The Morgan fingerprint density at radius 3 is 2.52 bits per heavy atom. The Bertz CT molecular complexity index is 551. The Hall–Kier alpha value is -2.24. The van der Waals surface area contributed by atoms with Gasteiger partial charge in [-0.1, -0.05) is 19.9 Å². The first-order valence-corrected chi connectivity index (χ1v) is 6.98. The number of rotatable bonds is 5. The Morgan fingerprint density at radius 1 is 1.24 bits per heavy atom. The molecule has 6 heteroatoms. The van der Waals surface area contributed by atoms with E-state index in [1.54, 1.807) is 32.0 Å². The highest BCUT2D eigenvalue weighted by Crippen LogP contribution is 2.34. The van der Waals surface area contributed by atoms with Crippen molar-refractivity contribution in [3.05, 3.63) is 23.8 Å². The van der Waals surface area contributed by atoms with Gasteiger partial charge in [0.15, 0.2) is 11.5 Å². The highest BCUT2D eigenvalue weighted by molar-refractivity contribution is 6.00. The molecule has 1 amide bonds. The lowest BCUT2D eigenvalue weighted by atomic mass is 9.92. The highest BCUT2D eigenvalue weighted by Gasteiger charge is 2.37. The second-order valence-corrected chi connectivity index (χ2v) is 4.88. The van der Waals surface area contributed by atoms with Crippen molar-refractivity contribution >= 4 is 11.9 Å². The van der Waals surface area contributed by atoms with Crippen molar-refractivity contribution in [3.8, 4) is 11.5 Å². The molecular weight excluding hydrogens is 274 g/mol. The van der Waals surface area contributed by atoms with Crippen molar-refractivity contribution in [1.29, 1.82) is 0 Å². The molecule has 0 fully saturated rings. The van der Waals surface area contributed by atoms with E-state index >= 15 is 0 Å². The number of para-hydroxylation sites is 1. The van der Waals surface area contributed by atoms with Crippen LogP contribution in [0.25, 0.3) is 0 Å². The quantitative estimate of drug-likeness (QED) is 0.865. The van der Waals surface area contributed by atoms with E-state index in [9.17, 15) is 14.7 Å². The molecule has 0 saturated heterocycles. The van der Waals surface area contributed by atoms with Gasteiger partial charge in [-0.15, -0.1) is 0 Å². The number of nitrogens with one attached hydrogen (secondary N) is 1. The van der Waals surface area contributed by atoms with Gasteiger partial charge < -0.3 is 19.9 Å². The number of carboxylic acid groups (broad SMARTS) is 1. The van der Waals surface area contributed by atoms with Crippen LogP contribution in [-0.2, 0) is 4.79 Å². The molecule has 2 N–H and O–H groups in total. The summed E-state index contributed by atoms with van der Waals surface area (Å²) in [5.74, 6) is -0.637. The molecule has 1 aliphatic rings. The van der Waals surface area contributed by atoms with Gasteiger partial charge >= 0.3 is 5.97 Å². The van der Waals surface area contributed by atoms with E-state index in [-0.39, 0.29) is 0 Å². The fourth-order valence-electron chi connectivity index (χ4n) is 2.32. The van der Waals surface area contributed by atoms with Crippen LogP contribution in [0.2, 0.25) is 0 Å². The predicted octanol–water partition coefficient (Wildman–Crippen LogP) is 1.83. The summed E-state index contributed by atoms with van der Waals surface area (Å²) in [6.45, 7) is 4.26. The molecule has 0 bridgehead atoms.